The summed E-state index contributed by atoms with van der Waals surface area (Å²) >= 11 is 0. The van der Waals surface area contributed by atoms with Gasteiger partial charge in [-0.3, -0.25) is 14.4 Å². The van der Waals surface area contributed by atoms with Crippen LogP contribution in [0.5, 0.6) is 11.6 Å². The summed E-state index contributed by atoms with van der Waals surface area (Å²) in [5.74, 6) is 0.384. The van der Waals surface area contributed by atoms with Crippen LogP contribution >= 0.6 is 0 Å². The first-order valence-electron chi connectivity index (χ1n) is 9.23. The van der Waals surface area contributed by atoms with E-state index in [2.05, 4.69) is 4.99 Å². The number of para-hydroxylation sites is 2. The fourth-order valence-electron chi connectivity index (χ4n) is 3.01. The lowest BCUT2D eigenvalue weighted by Crippen LogP contribution is -2.25. The Hall–Kier alpha value is -3.85. The molecule has 0 aliphatic rings. The third kappa shape index (κ3) is 4.19. The highest BCUT2D eigenvalue weighted by atomic mass is 16.5. The van der Waals surface area contributed by atoms with E-state index in [1.165, 1.54) is 10.8 Å². The normalized spacial score (nSPS) is 10.8. The van der Waals surface area contributed by atoms with Crippen molar-refractivity contribution in [1.82, 2.24) is 4.57 Å². The molecule has 0 radical (unpaired) electrons. The van der Waals surface area contributed by atoms with Gasteiger partial charge >= 0.3 is 0 Å². The Bertz CT molecular complexity index is 1140. The highest BCUT2D eigenvalue weighted by Crippen LogP contribution is 2.28. The van der Waals surface area contributed by atoms with Crippen molar-refractivity contribution in [1.29, 1.82) is 5.26 Å². The standard InChI is InChI=1S/C23H21N3O3/c1-3-29-21-12-8-7-11-20(21)25-14-19-16(2)18(13-24)22(27)26(23(19)28)15-17-9-5-4-6-10-17/h4-12,14,28H,3,15H2,1-2H3. The highest BCUT2D eigenvalue weighted by molar-refractivity contribution is 5.87. The van der Waals surface area contributed by atoms with Gasteiger partial charge in [0.1, 0.15) is 23.1 Å². The number of rotatable bonds is 6. The number of aromatic hydroxyl groups is 1. The molecule has 6 heteroatoms. The van der Waals surface area contributed by atoms with Gasteiger partial charge in [0.25, 0.3) is 5.56 Å². The number of aromatic nitrogens is 1. The van der Waals surface area contributed by atoms with Crippen molar-refractivity contribution in [3.05, 3.63) is 87.2 Å². The molecule has 3 rings (SSSR count). The minimum Gasteiger partial charge on any atom is -0.494 e. The fourth-order valence-corrected chi connectivity index (χ4v) is 3.01. The lowest BCUT2D eigenvalue weighted by atomic mass is 10.1. The van der Waals surface area contributed by atoms with Gasteiger partial charge in [0.15, 0.2) is 0 Å². The van der Waals surface area contributed by atoms with Crippen LogP contribution in [0.1, 0.15) is 29.2 Å². The molecule has 1 heterocycles. The smallest absolute Gasteiger partial charge is 0.271 e. The molecule has 29 heavy (non-hydrogen) atoms. The number of aliphatic imine (C=N–C) groups is 1. The summed E-state index contributed by atoms with van der Waals surface area (Å²) in [6.45, 7) is 4.16. The Morgan fingerprint density at radius 1 is 1.17 bits per heavy atom. The minimum absolute atomic E-state index is 0.0155. The molecule has 0 saturated heterocycles. The van der Waals surface area contributed by atoms with Crippen LogP contribution in [0.3, 0.4) is 0 Å². The van der Waals surface area contributed by atoms with Gasteiger partial charge in [-0.1, -0.05) is 42.5 Å². The molecule has 0 aliphatic carbocycles. The number of ether oxygens (including phenoxy) is 1. The van der Waals surface area contributed by atoms with Crippen molar-refractivity contribution >= 4 is 11.9 Å². The first-order valence-corrected chi connectivity index (χ1v) is 9.23. The molecular weight excluding hydrogens is 366 g/mol. The summed E-state index contributed by atoms with van der Waals surface area (Å²) in [7, 11) is 0. The first kappa shape index (κ1) is 19.9. The third-order valence-electron chi connectivity index (χ3n) is 4.53. The molecule has 0 fully saturated rings. The number of nitriles is 1. The number of benzene rings is 2. The van der Waals surface area contributed by atoms with Gasteiger partial charge in [0, 0.05) is 6.21 Å². The summed E-state index contributed by atoms with van der Waals surface area (Å²) in [6, 6.07) is 18.5. The number of pyridine rings is 1. The summed E-state index contributed by atoms with van der Waals surface area (Å²) in [6.07, 6.45) is 1.46. The van der Waals surface area contributed by atoms with Gasteiger partial charge in [0.2, 0.25) is 5.88 Å². The SMILES string of the molecule is CCOc1ccccc1N=Cc1c(C)c(C#N)c(=O)n(Cc2ccccc2)c1O. The van der Waals surface area contributed by atoms with Gasteiger partial charge in [-0.2, -0.15) is 5.26 Å². The molecule has 0 atom stereocenters. The van der Waals surface area contributed by atoms with Crippen molar-refractivity contribution in [2.24, 2.45) is 4.99 Å². The molecule has 146 valence electrons. The molecule has 0 bridgehead atoms. The summed E-state index contributed by atoms with van der Waals surface area (Å²) in [5, 5.41) is 20.3. The molecule has 0 aliphatic heterocycles. The average Bonchev–Trinajstić information content (AvgIpc) is 2.73. The molecule has 6 nitrogen and oxygen atoms in total. The van der Waals surface area contributed by atoms with Crippen LogP contribution in [0.15, 0.2) is 64.4 Å². The van der Waals surface area contributed by atoms with E-state index in [9.17, 15) is 15.2 Å². The van der Waals surface area contributed by atoms with Crippen molar-refractivity contribution in [3.63, 3.8) is 0 Å². The van der Waals surface area contributed by atoms with Crippen LogP contribution in [0.4, 0.5) is 5.69 Å². The lowest BCUT2D eigenvalue weighted by molar-refractivity contribution is 0.341. The number of hydrogen-bond acceptors (Lipinski definition) is 5. The highest BCUT2D eigenvalue weighted by Gasteiger charge is 2.18. The van der Waals surface area contributed by atoms with Gasteiger partial charge in [-0.15, -0.1) is 0 Å². The predicted octanol–water partition coefficient (Wildman–Crippen LogP) is 3.93. The fraction of sp³-hybridized carbons (Fsp3) is 0.174. The van der Waals surface area contributed by atoms with Crippen LogP contribution < -0.4 is 10.3 Å². The van der Waals surface area contributed by atoms with E-state index >= 15 is 0 Å². The Balaban J connectivity index is 2.11. The minimum atomic E-state index is -0.529. The third-order valence-corrected chi connectivity index (χ3v) is 4.53. The zero-order valence-corrected chi connectivity index (χ0v) is 16.3. The van der Waals surface area contributed by atoms with E-state index < -0.39 is 5.56 Å². The van der Waals surface area contributed by atoms with E-state index in [0.717, 1.165) is 5.56 Å². The van der Waals surface area contributed by atoms with Crippen LogP contribution in [-0.2, 0) is 6.54 Å². The van der Waals surface area contributed by atoms with Gasteiger partial charge in [-0.25, -0.2) is 0 Å². The van der Waals surface area contributed by atoms with E-state index in [0.29, 0.717) is 29.2 Å². The van der Waals surface area contributed by atoms with Gasteiger partial charge < -0.3 is 9.84 Å². The van der Waals surface area contributed by atoms with Crippen LogP contribution in [-0.4, -0.2) is 22.5 Å². The number of nitrogens with zero attached hydrogens (tertiary/aromatic N) is 3. The van der Waals surface area contributed by atoms with Crippen LogP contribution in [0.25, 0.3) is 0 Å². The van der Waals surface area contributed by atoms with E-state index in [-0.39, 0.29) is 18.0 Å². The maximum Gasteiger partial charge on any atom is 0.271 e. The lowest BCUT2D eigenvalue weighted by Gasteiger charge is -2.14. The molecule has 0 saturated carbocycles. The number of hydrogen-bond donors (Lipinski definition) is 1. The van der Waals surface area contributed by atoms with Crippen molar-refractivity contribution in [3.8, 4) is 17.7 Å². The van der Waals surface area contributed by atoms with E-state index in [1.807, 2.05) is 55.5 Å². The predicted molar refractivity (Wildman–Crippen MR) is 112 cm³/mol. The van der Waals surface area contributed by atoms with Crippen molar-refractivity contribution < 1.29 is 9.84 Å². The molecule has 0 spiro atoms. The van der Waals surface area contributed by atoms with Gasteiger partial charge in [0.05, 0.1) is 18.7 Å². The second-order valence-corrected chi connectivity index (χ2v) is 6.38. The Morgan fingerprint density at radius 3 is 2.55 bits per heavy atom. The van der Waals surface area contributed by atoms with E-state index in [4.69, 9.17) is 4.74 Å². The summed E-state index contributed by atoms with van der Waals surface area (Å²) < 4.78 is 6.76. The van der Waals surface area contributed by atoms with Crippen LogP contribution in [0, 0.1) is 18.3 Å². The second-order valence-electron chi connectivity index (χ2n) is 6.38. The van der Waals surface area contributed by atoms with Gasteiger partial charge in [-0.05, 0) is 37.1 Å². The molecule has 0 amide bonds. The Morgan fingerprint density at radius 2 is 1.86 bits per heavy atom. The maximum atomic E-state index is 12.7. The molecular formula is C23H21N3O3. The Labute approximate surface area is 169 Å². The summed E-state index contributed by atoms with van der Waals surface area (Å²) in [5.41, 5.74) is 1.59. The zero-order valence-electron chi connectivity index (χ0n) is 16.3. The zero-order chi connectivity index (χ0) is 20.8. The molecule has 2 aromatic carbocycles. The van der Waals surface area contributed by atoms with Crippen molar-refractivity contribution in [2.45, 2.75) is 20.4 Å². The van der Waals surface area contributed by atoms with Crippen LogP contribution in [0.2, 0.25) is 0 Å². The molecule has 3 aromatic rings. The molecule has 1 N–H and O–H groups in total. The monoisotopic (exact) mass is 387 g/mol. The molecule has 1 aromatic heterocycles. The largest absolute Gasteiger partial charge is 0.494 e. The second kappa shape index (κ2) is 8.89. The quantitative estimate of drug-likeness (QED) is 0.649. The molecule has 0 unspecified atom stereocenters. The van der Waals surface area contributed by atoms with E-state index in [1.54, 1.807) is 19.1 Å². The van der Waals surface area contributed by atoms with Crippen molar-refractivity contribution in [2.75, 3.05) is 6.61 Å². The average molecular weight is 387 g/mol. The Kier molecular flexibility index (Phi) is 6.10. The summed E-state index contributed by atoms with van der Waals surface area (Å²) in [4.78, 5) is 17.2. The topological polar surface area (TPSA) is 87.6 Å². The first-order chi connectivity index (χ1) is 14.1. The maximum absolute atomic E-state index is 12.7.